The zero-order valence-electron chi connectivity index (χ0n) is 8.46. The normalized spacial score (nSPS) is 26.1. The first-order chi connectivity index (χ1) is 7.18. The number of amides is 1. The number of nitrogens with one attached hydrogen (secondary N) is 2. The standard InChI is InChI=1S/C11H13FN2O/c1-7-6-13-10(11(15)14-7)8-4-2-3-5-9(8)12/h2-5,7,10,13H,6H2,1H3,(H,14,15)/t7-,10+/m1/s1. The summed E-state index contributed by atoms with van der Waals surface area (Å²) in [6.45, 7) is 2.56. The summed E-state index contributed by atoms with van der Waals surface area (Å²) in [5.41, 5.74) is 0.405. The topological polar surface area (TPSA) is 41.1 Å². The van der Waals surface area contributed by atoms with Crippen LogP contribution in [0.2, 0.25) is 0 Å². The van der Waals surface area contributed by atoms with E-state index in [-0.39, 0.29) is 17.8 Å². The zero-order valence-corrected chi connectivity index (χ0v) is 8.46. The highest BCUT2D eigenvalue weighted by Gasteiger charge is 2.28. The van der Waals surface area contributed by atoms with Crippen LogP contribution in [0.1, 0.15) is 18.5 Å². The number of hydrogen-bond acceptors (Lipinski definition) is 2. The molecule has 1 aromatic rings. The Morgan fingerprint density at radius 2 is 2.13 bits per heavy atom. The molecular weight excluding hydrogens is 195 g/mol. The van der Waals surface area contributed by atoms with Crippen LogP contribution in [0.15, 0.2) is 24.3 Å². The van der Waals surface area contributed by atoms with E-state index in [1.807, 2.05) is 6.92 Å². The molecule has 0 bridgehead atoms. The van der Waals surface area contributed by atoms with Crippen LogP contribution in [-0.4, -0.2) is 18.5 Å². The lowest BCUT2D eigenvalue weighted by molar-refractivity contribution is -0.125. The second-order valence-corrected chi connectivity index (χ2v) is 3.77. The predicted octanol–water partition coefficient (Wildman–Crippen LogP) is 0.975. The third-order valence-corrected chi connectivity index (χ3v) is 2.50. The molecule has 0 spiro atoms. The van der Waals surface area contributed by atoms with Gasteiger partial charge in [0.15, 0.2) is 0 Å². The summed E-state index contributed by atoms with van der Waals surface area (Å²) in [6, 6.07) is 5.86. The summed E-state index contributed by atoms with van der Waals surface area (Å²) in [4.78, 5) is 11.6. The van der Waals surface area contributed by atoms with E-state index >= 15 is 0 Å². The van der Waals surface area contributed by atoms with E-state index in [4.69, 9.17) is 0 Å². The van der Waals surface area contributed by atoms with Gasteiger partial charge in [0.1, 0.15) is 11.9 Å². The monoisotopic (exact) mass is 208 g/mol. The Morgan fingerprint density at radius 1 is 1.40 bits per heavy atom. The molecule has 1 aliphatic heterocycles. The number of carbonyl (C=O) groups excluding carboxylic acids is 1. The van der Waals surface area contributed by atoms with Crippen molar-refractivity contribution in [3.8, 4) is 0 Å². The molecule has 0 unspecified atom stereocenters. The first kappa shape index (κ1) is 10.1. The largest absolute Gasteiger partial charge is 0.351 e. The number of hydrogen-bond donors (Lipinski definition) is 2. The third kappa shape index (κ3) is 1.99. The van der Waals surface area contributed by atoms with Crippen molar-refractivity contribution in [3.63, 3.8) is 0 Å². The Morgan fingerprint density at radius 3 is 2.80 bits per heavy atom. The van der Waals surface area contributed by atoms with Crippen LogP contribution in [0.25, 0.3) is 0 Å². The van der Waals surface area contributed by atoms with Crippen molar-refractivity contribution in [3.05, 3.63) is 35.6 Å². The van der Waals surface area contributed by atoms with Crippen molar-refractivity contribution in [1.82, 2.24) is 10.6 Å². The fourth-order valence-electron chi connectivity index (χ4n) is 1.72. The average molecular weight is 208 g/mol. The van der Waals surface area contributed by atoms with Crippen molar-refractivity contribution in [1.29, 1.82) is 0 Å². The van der Waals surface area contributed by atoms with Gasteiger partial charge in [-0.15, -0.1) is 0 Å². The smallest absolute Gasteiger partial charge is 0.242 e. The van der Waals surface area contributed by atoms with Gasteiger partial charge in [-0.05, 0) is 13.0 Å². The van der Waals surface area contributed by atoms with Crippen LogP contribution in [0.4, 0.5) is 4.39 Å². The van der Waals surface area contributed by atoms with Gasteiger partial charge in [0.05, 0.1) is 0 Å². The zero-order chi connectivity index (χ0) is 10.8. The minimum Gasteiger partial charge on any atom is -0.351 e. The summed E-state index contributed by atoms with van der Waals surface area (Å²) in [7, 11) is 0. The SMILES string of the molecule is C[C@@H]1CN[C@@H](c2ccccc2F)C(=O)N1. The molecule has 1 saturated heterocycles. The molecule has 1 aromatic carbocycles. The van der Waals surface area contributed by atoms with Gasteiger partial charge in [-0.25, -0.2) is 4.39 Å². The Balaban J connectivity index is 2.24. The quantitative estimate of drug-likeness (QED) is 0.722. The van der Waals surface area contributed by atoms with Crippen molar-refractivity contribution < 1.29 is 9.18 Å². The summed E-state index contributed by atoms with van der Waals surface area (Å²) in [6.07, 6.45) is 0. The van der Waals surface area contributed by atoms with Crippen molar-refractivity contribution in [2.45, 2.75) is 19.0 Å². The van der Waals surface area contributed by atoms with Gasteiger partial charge in [-0.2, -0.15) is 0 Å². The maximum atomic E-state index is 13.4. The molecule has 4 heteroatoms. The molecule has 2 atom stereocenters. The molecule has 1 heterocycles. The van der Waals surface area contributed by atoms with Gasteiger partial charge in [-0.1, -0.05) is 18.2 Å². The average Bonchev–Trinajstić information content (AvgIpc) is 2.20. The van der Waals surface area contributed by atoms with Gasteiger partial charge < -0.3 is 10.6 Å². The highest BCUT2D eigenvalue weighted by atomic mass is 19.1. The maximum Gasteiger partial charge on any atom is 0.242 e. The fourth-order valence-corrected chi connectivity index (χ4v) is 1.72. The van der Waals surface area contributed by atoms with Crippen LogP contribution in [0, 0.1) is 5.82 Å². The van der Waals surface area contributed by atoms with Crippen LogP contribution in [0.3, 0.4) is 0 Å². The summed E-state index contributed by atoms with van der Waals surface area (Å²) >= 11 is 0. The Hall–Kier alpha value is -1.42. The molecule has 1 amide bonds. The molecule has 1 fully saturated rings. The molecule has 3 nitrogen and oxygen atoms in total. The van der Waals surface area contributed by atoms with Gasteiger partial charge >= 0.3 is 0 Å². The highest BCUT2D eigenvalue weighted by Crippen LogP contribution is 2.18. The molecule has 2 rings (SSSR count). The lowest BCUT2D eigenvalue weighted by Crippen LogP contribution is -2.52. The van der Waals surface area contributed by atoms with E-state index in [1.165, 1.54) is 6.07 Å². The number of carbonyl (C=O) groups is 1. The molecule has 0 radical (unpaired) electrons. The lowest BCUT2D eigenvalue weighted by atomic mass is 10.0. The van der Waals surface area contributed by atoms with Gasteiger partial charge in [0, 0.05) is 18.2 Å². The molecule has 0 saturated carbocycles. The third-order valence-electron chi connectivity index (χ3n) is 2.50. The van der Waals surface area contributed by atoms with Crippen LogP contribution >= 0.6 is 0 Å². The molecular formula is C11H13FN2O. The molecule has 0 aromatic heterocycles. The number of rotatable bonds is 1. The number of benzene rings is 1. The predicted molar refractivity (Wildman–Crippen MR) is 54.7 cm³/mol. The Labute approximate surface area is 87.7 Å². The van der Waals surface area contributed by atoms with E-state index in [2.05, 4.69) is 10.6 Å². The van der Waals surface area contributed by atoms with E-state index in [0.717, 1.165) is 0 Å². The van der Waals surface area contributed by atoms with Crippen LogP contribution < -0.4 is 10.6 Å². The maximum absolute atomic E-state index is 13.4. The summed E-state index contributed by atoms with van der Waals surface area (Å²) < 4.78 is 13.4. The van der Waals surface area contributed by atoms with Crippen LogP contribution in [0.5, 0.6) is 0 Å². The van der Waals surface area contributed by atoms with E-state index in [1.54, 1.807) is 18.2 Å². The molecule has 2 N–H and O–H groups in total. The van der Waals surface area contributed by atoms with Gasteiger partial charge in [0.25, 0.3) is 0 Å². The van der Waals surface area contributed by atoms with Gasteiger partial charge in [-0.3, -0.25) is 4.79 Å². The van der Waals surface area contributed by atoms with E-state index in [9.17, 15) is 9.18 Å². The second kappa shape index (κ2) is 3.98. The minimum atomic E-state index is -0.567. The fraction of sp³-hybridized carbons (Fsp3) is 0.364. The van der Waals surface area contributed by atoms with E-state index < -0.39 is 6.04 Å². The molecule has 80 valence electrons. The van der Waals surface area contributed by atoms with Crippen molar-refractivity contribution >= 4 is 5.91 Å². The first-order valence-electron chi connectivity index (χ1n) is 4.96. The van der Waals surface area contributed by atoms with Crippen molar-refractivity contribution in [2.75, 3.05) is 6.54 Å². The Kier molecular flexibility index (Phi) is 2.68. The van der Waals surface area contributed by atoms with Crippen LogP contribution in [-0.2, 0) is 4.79 Å². The summed E-state index contributed by atoms with van der Waals surface area (Å²) in [5.74, 6) is -0.515. The summed E-state index contributed by atoms with van der Waals surface area (Å²) in [5, 5.41) is 5.81. The minimum absolute atomic E-state index is 0.0977. The van der Waals surface area contributed by atoms with Crippen molar-refractivity contribution in [2.24, 2.45) is 0 Å². The molecule has 15 heavy (non-hydrogen) atoms. The number of piperazine rings is 1. The molecule has 1 aliphatic rings. The van der Waals surface area contributed by atoms with Gasteiger partial charge in [0.2, 0.25) is 5.91 Å². The lowest BCUT2D eigenvalue weighted by Gasteiger charge is -2.28. The molecule has 0 aliphatic carbocycles. The second-order valence-electron chi connectivity index (χ2n) is 3.77. The van der Waals surface area contributed by atoms with E-state index in [0.29, 0.717) is 12.1 Å². The highest BCUT2D eigenvalue weighted by molar-refractivity contribution is 5.84. The first-order valence-corrected chi connectivity index (χ1v) is 4.96. The number of halogens is 1. The Bertz CT molecular complexity index is 381.